The lowest BCUT2D eigenvalue weighted by atomic mass is 9.70. The number of carbonyl (C=O) groups excluding carboxylic acids is 2. The fourth-order valence-corrected chi connectivity index (χ4v) is 4.07. The van der Waals surface area contributed by atoms with Crippen LogP contribution in [0.15, 0.2) is 60.7 Å². The predicted octanol–water partition coefficient (Wildman–Crippen LogP) is 4.36. The van der Waals surface area contributed by atoms with E-state index in [2.05, 4.69) is 0 Å². The van der Waals surface area contributed by atoms with E-state index < -0.39 is 17.5 Å². The summed E-state index contributed by atoms with van der Waals surface area (Å²) in [5.41, 5.74) is 0.673. The van der Waals surface area contributed by atoms with Gasteiger partial charge < -0.3 is 9.47 Å². The summed E-state index contributed by atoms with van der Waals surface area (Å²) in [4.78, 5) is 25.4. The Hall–Kier alpha value is -2.62. The van der Waals surface area contributed by atoms with Crippen molar-refractivity contribution in [3.05, 3.63) is 71.8 Å². The summed E-state index contributed by atoms with van der Waals surface area (Å²) >= 11 is 0. The van der Waals surface area contributed by atoms with Crippen LogP contribution in [0.2, 0.25) is 0 Å². The number of ether oxygens (including phenoxy) is 2. The van der Waals surface area contributed by atoms with E-state index in [0.717, 1.165) is 12.0 Å². The molecular formula is C22H24O4. The third-order valence-electron chi connectivity index (χ3n) is 5.53. The average Bonchev–Trinajstić information content (AvgIpc) is 3.12. The Kier molecular flexibility index (Phi) is 5.40. The van der Waals surface area contributed by atoms with Gasteiger partial charge in [-0.1, -0.05) is 55.5 Å². The zero-order chi connectivity index (χ0) is 18.6. The molecule has 0 radical (unpaired) electrons. The smallest absolute Gasteiger partial charge is 0.338 e. The van der Waals surface area contributed by atoms with Gasteiger partial charge in [0.1, 0.15) is 11.5 Å². The number of methoxy groups -OCH3 is 1. The molecule has 0 amide bonds. The summed E-state index contributed by atoms with van der Waals surface area (Å²) < 4.78 is 11.0. The molecule has 0 N–H and O–H groups in total. The van der Waals surface area contributed by atoms with Crippen molar-refractivity contribution in [2.45, 2.75) is 38.2 Å². The second-order valence-corrected chi connectivity index (χ2v) is 6.82. The van der Waals surface area contributed by atoms with E-state index in [1.165, 1.54) is 7.11 Å². The molecule has 1 aliphatic carbocycles. The summed E-state index contributed by atoms with van der Waals surface area (Å²) in [6, 6.07) is 18.7. The molecule has 3 unspecified atom stereocenters. The first-order valence-electron chi connectivity index (χ1n) is 8.99. The van der Waals surface area contributed by atoms with Crippen LogP contribution in [0.5, 0.6) is 0 Å². The first-order valence-corrected chi connectivity index (χ1v) is 8.99. The lowest BCUT2D eigenvalue weighted by molar-refractivity contribution is -0.160. The SMILES string of the molecule is COC(=O)C1(C(C)c2ccccc2)CCCC1OC(=O)c1ccccc1. The van der Waals surface area contributed by atoms with Gasteiger partial charge in [-0.25, -0.2) is 4.79 Å². The number of hydrogen-bond acceptors (Lipinski definition) is 4. The van der Waals surface area contributed by atoms with Gasteiger partial charge in [0.05, 0.1) is 12.7 Å². The molecule has 26 heavy (non-hydrogen) atoms. The highest BCUT2D eigenvalue weighted by Crippen LogP contribution is 2.51. The third kappa shape index (κ3) is 3.24. The van der Waals surface area contributed by atoms with Crippen LogP contribution in [-0.4, -0.2) is 25.2 Å². The Morgan fingerprint density at radius 2 is 1.65 bits per heavy atom. The van der Waals surface area contributed by atoms with Gasteiger partial charge in [-0.3, -0.25) is 4.79 Å². The molecule has 3 rings (SSSR count). The van der Waals surface area contributed by atoms with Gasteiger partial charge in [-0.15, -0.1) is 0 Å². The highest BCUT2D eigenvalue weighted by atomic mass is 16.6. The van der Waals surface area contributed by atoms with Crippen molar-refractivity contribution >= 4 is 11.9 Å². The van der Waals surface area contributed by atoms with Crippen molar-refractivity contribution in [2.24, 2.45) is 5.41 Å². The van der Waals surface area contributed by atoms with E-state index in [1.807, 2.05) is 43.3 Å². The number of carbonyl (C=O) groups is 2. The van der Waals surface area contributed by atoms with Crippen LogP contribution in [0.3, 0.4) is 0 Å². The van der Waals surface area contributed by atoms with Crippen LogP contribution in [0.25, 0.3) is 0 Å². The van der Waals surface area contributed by atoms with Crippen molar-refractivity contribution in [1.82, 2.24) is 0 Å². The second-order valence-electron chi connectivity index (χ2n) is 6.82. The zero-order valence-electron chi connectivity index (χ0n) is 15.2. The van der Waals surface area contributed by atoms with Crippen LogP contribution >= 0.6 is 0 Å². The van der Waals surface area contributed by atoms with Crippen LogP contribution < -0.4 is 0 Å². The molecule has 1 saturated carbocycles. The molecule has 1 fully saturated rings. The minimum Gasteiger partial charge on any atom is -0.468 e. The molecule has 0 saturated heterocycles. The molecule has 2 aromatic rings. The fourth-order valence-electron chi connectivity index (χ4n) is 4.07. The molecule has 0 bridgehead atoms. The molecule has 0 heterocycles. The summed E-state index contributed by atoms with van der Waals surface area (Å²) in [5.74, 6) is -0.824. The van der Waals surface area contributed by atoms with E-state index in [9.17, 15) is 9.59 Å². The van der Waals surface area contributed by atoms with Crippen molar-refractivity contribution in [3.8, 4) is 0 Å². The van der Waals surface area contributed by atoms with Gasteiger partial charge in [-0.2, -0.15) is 0 Å². The monoisotopic (exact) mass is 352 g/mol. The van der Waals surface area contributed by atoms with Crippen LogP contribution in [0, 0.1) is 5.41 Å². The minimum atomic E-state index is -0.861. The predicted molar refractivity (Wildman–Crippen MR) is 98.8 cm³/mol. The first-order chi connectivity index (χ1) is 12.6. The maximum absolute atomic E-state index is 12.9. The Balaban J connectivity index is 1.92. The summed E-state index contributed by atoms with van der Waals surface area (Å²) in [7, 11) is 1.40. The van der Waals surface area contributed by atoms with Gasteiger partial charge in [0.2, 0.25) is 0 Å². The fraction of sp³-hybridized carbons (Fsp3) is 0.364. The van der Waals surface area contributed by atoms with Crippen LogP contribution in [0.1, 0.15) is 48.0 Å². The van der Waals surface area contributed by atoms with E-state index in [-0.39, 0.29) is 11.9 Å². The summed E-state index contributed by atoms with van der Waals surface area (Å²) in [6.07, 6.45) is 1.62. The minimum absolute atomic E-state index is 0.118. The van der Waals surface area contributed by atoms with Crippen LogP contribution in [-0.2, 0) is 14.3 Å². The van der Waals surface area contributed by atoms with Gasteiger partial charge in [0.15, 0.2) is 0 Å². The highest BCUT2D eigenvalue weighted by Gasteiger charge is 2.56. The summed E-state index contributed by atoms with van der Waals surface area (Å²) in [6.45, 7) is 2.01. The van der Waals surface area contributed by atoms with Gasteiger partial charge >= 0.3 is 11.9 Å². The Labute approximate surface area is 154 Å². The maximum atomic E-state index is 12.9. The number of rotatable bonds is 5. The van der Waals surface area contributed by atoms with Gasteiger partial charge in [0.25, 0.3) is 0 Å². The molecule has 4 heteroatoms. The lowest BCUT2D eigenvalue weighted by Crippen LogP contribution is -2.45. The van der Waals surface area contributed by atoms with Crippen molar-refractivity contribution in [3.63, 3.8) is 0 Å². The van der Waals surface area contributed by atoms with Crippen LogP contribution in [0.4, 0.5) is 0 Å². The maximum Gasteiger partial charge on any atom is 0.338 e. The molecule has 136 valence electrons. The van der Waals surface area contributed by atoms with Gasteiger partial charge in [0, 0.05) is 5.92 Å². The quantitative estimate of drug-likeness (QED) is 0.750. The topological polar surface area (TPSA) is 52.6 Å². The zero-order valence-corrected chi connectivity index (χ0v) is 15.2. The first kappa shape index (κ1) is 18.2. The largest absolute Gasteiger partial charge is 0.468 e. The highest BCUT2D eigenvalue weighted by molar-refractivity contribution is 5.90. The molecule has 1 aliphatic rings. The van der Waals surface area contributed by atoms with Crippen molar-refractivity contribution in [2.75, 3.05) is 7.11 Å². The normalized spacial score (nSPS) is 23.2. The Morgan fingerprint density at radius 1 is 1.04 bits per heavy atom. The van der Waals surface area contributed by atoms with E-state index in [4.69, 9.17) is 9.47 Å². The Bertz CT molecular complexity index is 756. The summed E-state index contributed by atoms with van der Waals surface area (Å²) in [5, 5.41) is 0. The standard InChI is InChI=1S/C22H24O4/c1-16(17-10-5-3-6-11-17)22(21(24)25-2)15-9-14-19(22)26-20(23)18-12-7-4-8-13-18/h3-8,10-13,16,19H,9,14-15H2,1-2H3. The van der Waals surface area contributed by atoms with Crippen molar-refractivity contribution in [1.29, 1.82) is 0 Å². The van der Waals surface area contributed by atoms with Crippen molar-refractivity contribution < 1.29 is 19.1 Å². The molecule has 4 nitrogen and oxygen atoms in total. The van der Waals surface area contributed by atoms with E-state index in [1.54, 1.807) is 24.3 Å². The lowest BCUT2D eigenvalue weighted by Gasteiger charge is -2.37. The number of hydrogen-bond donors (Lipinski definition) is 0. The molecule has 3 atom stereocenters. The van der Waals surface area contributed by atoms with E-state index in [0.29, 0.717) is 18.4 Å². The molecule has 0 aromatic heterocycles. The third-order valence-corrected chi connectivity index (χ3v) is 5.53. The molecule has 2 aromatic carbocycles. The number of benzene rings is 2. The Morgan fingerprint density at radius 3 is 2.27 bits per heavy atom. The second kappa shape index (κ2) is 7.73. The van der Waals surface area contributed by atoms with E-state index >= 15 is 0 Å². The van der Waals surface area contributed by atoms with Gasteiger partial charge in [-0.05, 0) is 37.0 Å². The molecule has 0 aliphatic heterocycles. The molecular weight excluding hydrogens is 328 g/mol. The average molecular weight is 352 g/mol. The molecule has 0 spiro atoms. The number of esters is 2.